The zero-order valence-corrected chi connectivity index (χ0v) is 18.4. The SMILES string of the molecule is CCCCN1C[C@@H](c2nc3ccccc3n2CCCOc2cccc(OC)c2)CC1=O. The van der Waals surface area contributed by atoms with E-state index in [0.717, 1.165) is 67.3 Å². The van der Waals surface area contributed by atoms with Crippen molar-refractivity contribution in [2.75, 3.05) is 26.8 Å². The van der Waals surface area contributed by atoms with Crippen LogP contribution in [0.1, 0.15) is 44.3 Å². The van der Waals surface area contributed by atoms with Gasteiger partial charge in [0, 0.05) is 38.0 Å². The molecule has 1 aliphatic rings. The minimum absolute atomic E-state index is 0.149. The number of para-hydroxylation sites is 2. The van der Waals surface area contributed by atoms with Crippen LogP contribution in [-0.4, -0.2) is 47.2 Å². The maximum Gasteiger partial charge on any atom is 0.223 e. The Morgan fingerprint density at radius 3 is 2.74 bits per heavy atom. The van der Waals surface area contributed by atoms with Gasteiger partial charge >= 0.3 is 0 Å². The van der Waals surface area contributed by atoms with Crippen molar-refractivity contribution in [2.24, 2.45) is 0 Å². The number of ether oxygens (including phenoxy) is 2. The normalized spacial score (nSPS) is 16.3. The van der Waals surface area contributed by atoms with Crippen molar-refractivity contribution in [3.63, 3.8) is 0 Å². The van der Waals surface area contributed by atoms with Gasteiger partial charge in [-0.15, -0.1) is 0 Å². The van der Waals surface area contributed by atoms with Gasteiger partial charge in [0.15, 0.2) is 0 Å². The second kappa shape index (κ2) is 9.86. The van der Waals surface area contributed by atoms with Crippen LogP contribution >= 0.6 is 0 Å². The number of imidazole rings is 1. The molecule has 1 atom stereocenters. The Morgan fingerprint density at radius 1 is 1.06 bits per heavy atom. The third-order valence-electron chi connectivity index (χ3n) is 5.88. The number of aryl methyl sites for hydroxylation is 1. The van der Waals surface area contributed by atoms with Gasteiger partial charge in [-0.3, -0.25) is 4.79 Å². The minimum Gasteiger partial charge on any atom is -0.497 e. The average Bonchev–Trinajstić information content (AvgIpc) is 3.35. The summed E-state index contributed by atoms with van der Waals surface area (Å²) in [6.07, 6.45) is 3.55. The molecule has 0 spiro atoms. The van der Waals surface area contributed by atoms with Crippen LogP contribution in [0.2, 0.25) is 0 Å². The number of rotatable bonds is 10. The summed E-state index contributed by atoms with van der Waals surface area (Å²) in [5.74, 6) is 3.02. The monoisotopic (exact) mass is 421 g/mol. The fourth-order valence-corrected chi connectivity index (χ4v) is 4.25. The fourth-order valence-electron chi connectivity index (χ4n) is 4.25. The first-order valence-corrected chi connectivity index (χ1v) is 11.2. The molecule has 2 aromatic carbocycles. The molecule has 0 saturated carbocycles. The number of hydrogen-bond acceptors (Lipinski definition) is 4. The first kappa shape index (κ1) is 21.2. The lowest BCUT2D eigenvalue weighted by molar-refractivity contribution is -0.127. The van der Waals surface area contributed by atoms with Gasteiger partial charge in [-0.25, -0.2) is 4.98 Å². The van der Waals surface area contributed by atoms with Crippen molar-refractivity contribution < 1.29 is 14.3 Å². The second-order valence-electron chi connectivity index (χ2n) is 8.09. The van der Waals surface area contributed by atoms with Gasteiger partial charge < -0.3 is 18.9 Å². The Hall–Kier alpha value is -3.02. The quantitative estimate of drug-likeness (QED) is 0.448. The number of carbonyl (C=O) groups is 1. The average molecular weight is 422 g/mol. The van der Waals surface area contributed by atoms with E-state index in [0.29, 0.717) is 13.0 Å². The summed E-state index contributed by atoms with van der Waals surface area (Å²) in [6, 6.07) is 15.9. The first-order valence-electron chi connectivity index (χ1n) is 11.2. The number of amides is 1. The van der Waals surface area contributed by atoms with Crippen LogP contribution in [0.15, 0.2) is 48.5 Å². The highest BCUT2D eigenvalue weighted by atomic mass is 16.5. The standard InChI is InChI=1S/C25H31N3O3/c1-3-4-13-27-18-19(16-24(27)29)25-26-22-11-5-6-12-23(22)28(25)14-8-15-31-21-10-7-9-20(17-21)30-2/h5-7,9-12,17,19H,3-4,8,13-16,18H2,1-2H3/t19-/m0/s1. The van der Waals surface area contributed by atoms with Crippen molar-refractivity contribution in [1.29, 1.82) is 0 Å². The highest BCUT2D eigenvalue weighted by Crippen LogP contribution is 2.31. The third-order valence-corrected chi connectivity index (χ3v) is 5.88. The largest absolute Gasteiger partial charge is 0.497 e. The lowest BCUT2D eigenvalue weighted by Gasteiger charge is -2.17. The molecule has 2 heterocycles. The summed E-state index contributed by atoms with van der Waals surface area (Å²) in [6.45, 7) is 5.18. The number of nitrogens with zero attached hydrogens (tertiary/aromatic N) is 3. The van der Waals surface area contributed by atoms with Crippen LogP contribution in [0, 0.1) is 0 Å². The molecule has 1 fully saturated rings. The number of carbonyl (C=O) groups excluding carboxylic acids is 1. The van der Waals surface area contributed by atoms with Crippen LogP contribution in [0.4, 0.5) is 0 Å². The summed E-state index contributed by atoms with van der Waals surface area (Å²) in [5.41, 5.74) is 2.11. The number of benzene rings is 2. The van der Waals surface area contributed by atoms with Crippen molar-refractivity contribution in [1.82, 2.24) is 14.5 Å². The Bertz CT molecular complexity index is 1030. The van der Waals surface area contributed by atoms with E-state index >= 15 is 0 Å². The smallest absolute Gasteiger partial charge is 0.223 e. The second-order valence-corrected chi connectivity index (χ2v) is 8.09. The van der Waals surface area contributed by atoms with Crippen molar-refractivity contribution in [2.45, 2.75) is 45.1 Å². The van der Waals surface area contributed by atoms with Gasteiger partial charge in [0.1, 0.15) is 17.3 Å². The summed E-state index contributed by atoms with van der Waals surface area (Å²) < 4.78 is 13.5. The maximum atomic E-state index is 12.5. The summed E-state index contributed by atoms with van der Waals surface area (Å²) in [5, 5.41) is 0. The summed E-state index contributed by atoms with van der Waals surface area (Å²) in [7, 11) is 1.65. The van der Waals surface area contributed by atoms with E-state index in [2.05, 4.69) is 17.6 Å². The summed E-state index contributed by atoms with van der Waals surface area (Å²) in [4.78, 5) is 19.5. The lowest BCUT2D eigenvalue weighted by Crippen LogP contribution is -2.26. The molecule has 4 rings (SSSR count). The topological polar surface area (TPSA) is 56.6 Å². The van der Waals surface area contributed by atoms with Crippen LogP contribution in [-0.2, 0) is 11.3 Å². The number of hydrogen-bond donors (Lipinski definition) is 0. The third kappa shape index (κ3) is 4.84. The molecule has 31 heavy (non-hydrogen) atoms. The zero-order chi connectivity index (χ0) is 21.6. The van der Waals surface area contributed by atoms with Gasteiger partial charge in [-0.2, -0.15) is 0 Å². The number of fused-ring (bicyclic) bond motifs is 1. The summed E-state index contributed by atoms with van der Waals surface area (Å²) >= 11 is 0. The zero-order valence-electron chi connectivity index (χ0n) is 18.4. The molecule has 1 aliphatic heterocycles. The minimum atomic E-state index is 0.149. The molecular weight excluding hydrogens is 390 g/mol. The van der Waals surface area contributed by atoms with E-state index in [1.165, 1.54) is 0 Å². The maximum absolute atomic E-state index is 12.5. The molecule has 1 aromatic heterocycles. The Balaban J connectivity index is 1.46. The predicted molar refractivity (Wildman–Crippen MR) is 122 cm³/mol. The molecule has 0 bridgehead atoms. The highest BCUT2D eigenvalue weighted by Gasteiger charge is 2.33. The van der Waals surface area contributed by atoms with Crippen LogP contribution in [0.3, 0.4) is 0 Å². The van der Waals surface area contributed by atoms with Gasteiger partial charge in [0.2, 0.25) is 5.91 Å². The van der Waals surface area contributed by atoms with E-state index < -0.39 is 0 Å². The molecule has 1 saturated heterocycles. The molecule has 6 heteroatoms. The molecule has 1 amide bonds. The van der Waals surface area contributed by atoms with Crippen molar-refractivity contribution in [3.8, 4) is 11.5 Å². The van der Waals surface area contributed by atoms with E-state index in [4.69, 9.17) is 14.5 Å². The van der Waals surface area contributed by atoms with Gasteiger partial charge in [0.05, 0.1) is 24.8 Å². The molecule has 0 aliphatic carbocycles. The van der Waals surface area contributed by atoms with Gasteiger partial charge in [0.25, 0.3) is 0 Å². The number of aromatic nitrogens is 2. The van der Waals surface area contributed by atoms with Crippen LogP contribution in [0.25, 0.3) is 11.0 Å². The van der Waals surface area contributed by atoms with E-state index in [1.54, 1.807) is 7.11 Å². The molecule has 0 unspecified atom stereocenters. The van der Waals surface area contributed by atoms with Crippen LogP contribution in [0.5, 0.6) is 11.5 Å². The molecule has 3 aromatic rings. The lowest BCUT2D eigenvalue weighted by atomic mass is 10.1. The fraction of sp³-hybridized carbons (Fsp3) is 0.440. The van der Waals surface area contributed by atoms with Crippen molar-refractivity contribution >= 4 is 16.9 Å². The molecule has 6 nitrogen and oxygen atoms in total. The predicted octanol–water partition coefficient (Wildman–Crippen LogP) is 4.63. The first-order chi connectivity index (χ1) is 15.2. The van der Waals surface area contributed by atoms with Crippen LogP contribution < -0.4 is 9.47 Å². The Kier molecular flexibility index (Phi) is 6.75. The number of likely N-dealkylation sites (tertiary alicyclic amines) is 1. The van der Waals surface area contributed by atoms with Crippen molar-refractivity contribution in [3.05, 3.63) is 54.4 Å². The highest BCUT2D eigenvalue weighted by molar-refractivity contribution is 5.80. The van der Waals surface area contributed by atoms with Gasteiger partial charge in [-0.05, 0) is 37.1 Å². The van der Waals surface area contributed by atoms with E-state index in [1.807, 2.05) is 47.4 Å². The molecule has 164 valence electrons. The van der Waals surface area contributed by atoms with E-state index in [9.17, 15) is 4.79 Å². The molecular formula is C25H31N3O3. The van der Waals surface area contributed by atoms with Gasteiger partial charge in [-0.1, -0.05) is 31.5 Å². The Labute approximate surface area is 183 Å². The van der Waals surface area contributed by atoms with E-state index in [-0.39, 0.29) is 11.8 Å². The number of unbranched alkanes of at least 4 members (excludes halogenated alkanes) is 1. The molecule has 0 N–H and O–H groups in total. The molecule has 0 radical (unpaired) electrons. The number of methoxy groups -OCH3 is 1. The Morgan fingerprint density at radius 2 is 1.90 bits per heavy atom.